The fourth-order valence-corrected chi connectivity index (χ4v) is 3.51. The summed E-state index contributed by atoms with van der Waals surface area (Å²) in [6.45, 7) is 1.12. The normalized spacial score (nSPS) is 13.4. The maximum Gasteiger partial charge on any atom is 0.243 e. The number of carbonyl (C=O) groups excluding carboxylic acids is 2. The smallest absolute Gasteiger partial charge is 0.243 e. The van der Waals surface area contributed by atoms with Gasteiger partial charge in [0, 0.05) is 37.8 Å². The molecule has 0 radical (unpaired) electrons. The van der Waals surface area contributed by atoms with Crippen molar-refractivity contribution in [3.63, 3.8) is 0 Å². The molecule has 1 aliphatic heterocycles. The quantitative estimate of drug-likeness (QED) is 0.671. The van der Waals surface area contributed by atoms with Crippen molar-refractivity contribution in [3.8, 4) is 0 Å². The lowest BCUT2D eigenvalue weighted by molar-refractivity contribution is -0.136. The average Bonchev–Trinajstić information content (AvgIpc) is 3.23. The first kappa shape index (κ1) is 20.1. The summed E-state index contributed by atoms with van der Waals surface area (Å²) in [5.74, 6) is -0.134. The van der Waals surface area contributed by atoms with Crippen LogP contribution in [0.2, 0.25) is 0 Å². The summed E-state index contributed by atoms with van der Waals surface area (Å²) in [4.78, 5) is 27.7. The van der Waals surface area contributed by atoms with Gasteiger partial charge >= 0.3 is 0 Å². The molecule has 6 heteroatoms. The Bertz CT molecular complexity index is 850. The van der Waals surface area contributed by atoms with E-state index in [1.54, 1.807) is 23.7 Å². The zero-order chi connectivity index (χ0) is 19.9. The van der Waals surface area contributed by atoms with Crippen LogP contribution in [0, 0.1) is 0 Å². The van der Waals surface area contributed by atoms with E-state index in [1.807, 2.05) is 48.7 Å². The SMILES string of the molecule is CSc1ccc(CN(C)C(=O)CCC(=O)N2CCC(c3ccccc3)=N2)cc1. The summed E-state index contributed by atoms with van der Waals surface area (Å²) in [6.07, 6.45) is 3.16. The van der Waals surface area contributed by atoms with Crippen LogP contribution in [0.1, 0.15) is 30.4 Å². The van der Waals surface area contributed by atoms with Gasteiger partial charge in [-0.25, -0.2) is 5.01 Å². The van der Waals surface area contributed by atoms with Crippen LogP contribution in [-0.2, 0) is 16.1 Å². The van der Waals surface area contributed by atoms with E-state index in [0.29, 0.717) is 13.1 Å². The summed E-state index contributed by atoms with van der Waals surface area (Å²) < 4.78 is 0. The van der Waals surface area contributed by atoms with Crippen LogP contribution in [0.25, 0.3) is 0 Å². The number of hydrazone groups is 1. The van der Waals surface area contributed by atoms with Crippen LogP contribution in [0.3, 0.4) is 0 Å². The van der Waals surface area contributed by atoms with Gasteiger partial charge in [0.15, 0.2) is 0 Å². The molecule has 0 spiro atoms. The molecule has 146 valence electrons. The van der Waals surface area contributed by atoms with E-state index in [2.05, 4.69) is 17.2 Å². The third-order valence-electron chi connectivity index (χ3n) is 4.75. The monoisotopic (exact) mass is 395 g/mol. The molecule has 0 bridgehead atoms. The molecule has 2 amide bonds. The number of rotatable bonds is 7. The molecule has 0 aliphatic carbocycles. The van der Waals surface area contributed by atoms with E-state index in [0.717, 1.165) is 23.3 Å². The summed E-state index contributed by atoms with van der Waals surface area (Å²) in [7, 11) is 1.77. The maximum absolute atomic E-state index is 12.4. The van der Waals surface area contributed by atoms with Crippen molar-refractivity contribution < 1.29 is 9.59 Å². The number of nitrogens with zero attached hydrogens (tertiary/aromatic N) is 3. The first-order valence-corrected chi connectivity index (χ1v) is 10.6. The Balaban J connectivity index is 1.48. The lowest BCUT2D eigenvalue weighted by Gasteiger charge is -2.18. The van der Waals surface area contributed by atoms with Crippen molar-refractivity contribution >= 4 is 29.3 Å². The number of amides is 2. The largest absolute Gasteiger partial charge is 0.341 e. The van der Waals surface area contributed by atoms with Gasteiger partial charge in [-0.1, -0.05) is 42.5 Å². The molecule has 5 nitrogen and oxygen atoms in total. The molecule has 2 aromatic carbocycles. The minimum atomic E-state index is -0.1000. The van der Waals surface area contributed by atoms with Crippen molar-refractivity contribution in [2.45, 2.75) is 30.7 Å². The van der Waals surface area contributed by atoms with Gasteiger partial charge in [-0.05, 0) is 29.5 Å². The average molecular weight is 396 g/mol. The minimum absolute atomic E-state index is 0.0336. The van der Waals surface area contributed by atoms with E-state index in [-0.39, 0.29) is 24.7 Å². The first-order valence-electron chi connectivity index (χ1n) is 9.37. The summed E-state index contributed by atoms with van der Waals surface area (Å²) in [5, 5.41) is 5.94. The summed E-state index contributed by atoms with van der Waals surface area (Å²) >= 11 is 1.69. The third-order valence-corrected chi connectivity index (χ3v) is 5.50. The zero-order valence-electron chi connectivity index (χ0n) is 16.3. The molecular weight excluding hydrogens is 370 g/mol. The Labute approximate surface area is 170 Å². The number of carbonyl (C=O) groups is 2. The van der Waals surface area contributed by atoms with Gasteiger partial charge in [0.2, 0.25) is 11.8 Å². The zero-order valence-corrected chi connectivity index (χ0v) is 17.1. The molecule has 3 rings (SSSR count). The van der Waals surface area contributed by atoms with Crippen LogP contribution in [0.15, 0.2) is 64.6 Å². The summed E-state index contributed by atoms with van der Waals surface area (Å²) in [5.41, 5.74) is 3.05. The van der Waals surface area contributed by atoms with Crippen molar-refractivity contribution in [1.29, 1.82) is 0 Å². The molecule has 0 aromatic heterocycles. The van der Waals surface area contributed by atoms with Crippen molar-refractivity contribution in [2.24, 2.45) is 5.10 Å². The van der Waals surface area contributed by atoms with Gasteiger partial charge in [-0.15, -0.1) is 11.8 Å². The van der Waals surface area contributed by atoms with Crippen molar-refractivity contribution in [1.82, 2.24) is 9.91 Å². The van der Waals surface area contributed by atoms with Crippen LogP contribution in [-0.4, -0.2) is 47.3 Å². The van der Waals surface area contributed by atoms with Crippen molar-refractivity contribution in [3.05, 3.63) is 65.7 Å². The fourth-order valence-electron chi connectivity index (χ4n) is 3.10. The molecule has 0 N–H and O–H groups in total. The van der Waals surface area contributed by atoms with Gasteiger partial charge < -0.3 is 4.90 Å². The lowest BCUT2D eigenvalue weighted by Crippen LogP contribution is -2.29. The van der Waals surface area contributed by atoms with E-state index in [9.17, 15) is 9.59 Å². The van der Waals surface area contributed by atoms with Gasteiger partial charge in [0.25, 0.3) is 0 Å². The molecular formula is C22H25N3O2S. The van der Waals surface area contributed by atoms with E-state index in [1.165, 1.54) is 9.90 Å². The van der Waals surface area contributed by atoms with Crippen LogP contribution in [0.4, 0.5) is 0 Å². The molecule has 1 heterocycles. The first-order chi connectivity index (χ1) is 13.6. The highest BCUT2D eigenvalue weighted by Gasteiger charge is 2.22. The predicted octanol–water partition coefficient (Wildman–Crippen LogP) is 3.78. The molecule has 0 unspecified atom stereocenters. The second kappa shape index (κ2) is 9.55. The molecule has 28 heavy (non-hydrogen) atoms. The highest BCUT2D eigenvalue weighted by atomic mass is 32.2. The molecule has 1 aliphatic rings. The van der Waals surface area contributed by atoms with Gasteiger partial charge in [-0.3, -0.25) is 9.59 Å². The second-order valence-electron chi connectivity index (χ2n) is 6.78. The number of hydrogen-bond donors (Lipinski definition) is 0. The topological polar surface area (TPSA) is 53.0 Å². The Morgan fingerprint density at radius 1 is 1.07 bits per heavy atom. The standard InChI is InChI=1S/C22H25N3O2S/c1-24(16-17-8-10-19(28-2)11-9-17)21(26)12-13-22(27)25-15-14-20(23-25)18-6-4-3-5-7-18/h3-11H,12-16H2,1-2H3. The van der Waals surface area contributed by atoms with E-state index >= 15 is 0 Å². The fraction of sp³-hybridized carbons (Fsp3) is 0.318. The Hall–Kier alpha value is -2.60. The van der Waals surface area contributed by atoms with Crippen LogP contribution >= 0.6 is 11.8 Å². The molecule has 2 aromatic rings. The van der Waals surface area contributed by atoms with Gasteiger partial charge in [0.05, 0.1) is 12.3 Å². The number of benzene rings is 2. The van der Waals surface area contributed by atoms with Crippen LogP contribution in [0.5, 0.6) is 0 Å². The molecule has 0 saturated heterocycles. The number of thioether (sulfide) groups is 1. The highest BCUT2D eigenvalue weighted by Crippen LogP contribution is 2.17. The van der Waals surface area contributed by atoms with Gasteiger partial charge in [0.1, 0.15) is 0 Å². The molecule has 0 fully saturated rings. The Morgan fingerprint density at radius 2 is 1.79 bits per heavy atom. The highest BCUT2D eigenvalue weighted by molar-refractivity contribution is 7.98. The van der Waals surface area contributed by atoms with Crippen molar-refractivity contribution in [2.75, 3.05) is 19.8 Å². The number of hydrogen-bond acceptors (Lipinski definition) is 4. The molecule has 0 atom stereocenters. The van der Waals surface area contributed by atoms with E-state index in [4.69, 9.17) is 0 Å². The summed E-state index contributed by atoms with van der Waals surface area (Å²) in [6, 6.07) is 18.1. The third kappa shape index (κ3) is 5.23. The van der Waals surface area contributed by atoms with Crippen LogP contribution < -0.4 is 0 Å². The predicted molar refractivity (Wildman–Crippen MR) is 113 cm³/mol. The second-order valence-corrected chi connectivity index (χ2v) is 7.66. The Morgan fingerprint density at radius 3 is 2.46 bits per heavy atom. The Kier molecular flexibility index (Phi) is 6.87. The van der Waals surface area contributed by atoms with Gasteiger partial charge in [-0.2, -0.15) is 5.10 Å². The van der Waals surface area contributed by atoms with E-state index < -0.39 is 0 Å². The minimum Gasteiger partial charge on any atom is -0.341 e. The lowest BCUT2D eigenvalue weighted by atomic mass is 10.1. The molecule has 0 saturated carbocycles. The maximum atomic E-state index is 12.4.